The van der Waals surface area contributed by atoms with Gasteiger partial charge in [0.05, 0.1) is 6.42 Å². The third-order valence-corrected chi connectivity index (χ3v) is 4.12. The number of hydrogen-bond donors (Lipinski definition) is 2. The molecule has 1 aliphatic heterocycles. The second-order valence-corrected chi connectivity index (χ2v) is 7.58. The number of piperidine rings is 1. The quantitative estimate of drug-likeness (QED) is 0.788. The van der Waals surface area contributed by atoms with Gasteiger partial charge in [-0.25, -0.2) is 9.18 Å². The number of nitrogens with one attached hydrogen (secondary N) is 2. The van der Waals surface area contributed by atoms with Crippen LogP contribution in [0.4, 0.5) is 9.18 Å². The van der Waals surface area contributed by atoms with Gasteiger partial charge in [0.25, 0.3) is 0 Å². The summed E-state index contributed by atoms with van der Waals surface area (Å²) in [6.45, 7) is 6.27. The van der Waals surface area contributed by atoms with Crippen molar-refractivity contribution in [3.05, 3.63) is 35.6 Å². The lowest BCUT2D eigenvalue weighted by Crippen LogP contribution is -2.49. The third kappa shape index (κ3) is 6.88. The van der Waals surface area contributed by atoms with Crippen LogP contribution in [-0.2, 0) is 20.7 Å². The fourth-order valence-corrected chi connectivity index (χ4v) is 2.72. The summed E-state index contributed by atoms with van der Waals surface area (Å²) in [5.74, 6) is -1.33. The van der Waals surface area contributed by atoms with E-state index in [0.29, 0.717) is 31.5 Å². The van der Waals surface area contributed by atoms with E-state index in [1.54, 1.807) is 25.7 Å². The van der Waals surface area contributed by atoms with E-state index in [2.05, 4.69) is 10.9 Å². The zero-order chi connectivity index (χ0) is 20.0. The zero-order valence-corrected chi connectivity index (χ0v) is 15.9. The Morgan fingerprint density at radius 2 is 1.70 bits per heavy atom. The predicted octanol–water partition coefficient (Wildman–Crippen LogP) is 2.16. The van der Waals surface area contributed by atoms with Gasteiger partial charge in [0.1, 0.15) is 11.4 Å². The van der Waals surface area contributed by atoms with Crippen LogP contribution in [0.3, 0.4) is 0 Å². The molecule has 0 bridgehead atoms. The predicted molar refractivity (Wildman–Crippen MR) is 96.9 cm³/mol. The topological polar surface area (TPSA) is 87.7 Å². The van der Waals surface area contributed by atoms with Crippen LogP contribution in [0, 0.1) is 11.7 Å². The first-order chi connectivity index (χ1) is 12.6. The number of halogens is 1. The van der Waals surface area contributed by atoms with Crippen LogP contribution in [0.5, 0.6) is 0 Å². The van der Waals surface area contributed by atoms with Crippen LogP contribution in [0.25, 0.3) is 0 Å². The molecule has 27 heavy (non-hydrogen) atoms. The number of carbonyl (C=O) groups excluding carboxylic acids is 3. The van der Waals surface area contributed by atoms with Gasteiger partial charge in [-0.2, -0.15) is 0 Å². The van der Waals surface area contributed by atoms with Gasteiger partial charge in [-0.05, 0) is 51.3 Å². The van der Waals surface area contributed by atoms with E-state index in [0.717, 1.165) is 0 Å². The van der Waals surface area contributed by atoms with E-state index >= 15 is 0 Å². The largest absolute Gasteiger partial charge is 0.444 e. The molecule has 0 spiro atoms. The normalized spacial score (nSPS) is 15.2. The Morgan fingerprint density at radius 3 is 2.26 bits per heavy atom. The maximum Gasteiger partial charge on any atom is 0.410 e. The average molecular weight is 379 g/mol. The first-order valence-electron chi connectivity index (χ1n) is 8.95. The van der Waals surface area contributed by atoms with Crippen molar-refractivity contribution >= 4 is 17.9 Å². The lowest BCUT2D eigenvalue weighted by Gasteiger charge is -2.32. The highest BCUT2D eigenvalue weighted by atomic mass is 19.1. The molecule has 1 fully saturated rings. The Balaban J connectivity index is 1.72. The summed E-state index contributed by atoms with van der Waals surface area (Å²) in [6.07, 6.45) is 0.657. The minimum Gasteiger partial charge on any atom is -0.444 e. The van der Waals surface area contributed by atoms with E-state index < -0.39 is 5.60 Å². The first kappa shape index (κ1) is 20.7. The molecule has 1 aromatic carbocycles. The molecule has 0 aromatic heterocycles. The molecule has 1 aromatic rings. The van der Waals surface area contributed by atoms with Crippen LogP contribution in [0.1, 0.15) is 39.2 Å². The molecule has 0 aliphatic carbocycles. The van der Waals surface area contributed by atoms with E-state index in [1.807, 2.05) is 0 Å². The van der Waals surface area contributed by atoms with Gasteiger partial charge < -0.3 is 9.64 Å². The maximum atomic E-state index is 12.9. The summed E-state index contributed by atoms with van der Waals surface area (Å²) in [5, 5.41) is 0. The van der Waals surface area contributed by atoms with Gasteiger partial charge in [-0.1, -0.05) is 12.1 Å². The van der Waals surface area contributed by atoms with E-state index in [4.69, 9.17) is 4.74 Å². The van der Waals surface area contributed by atoms with E-state index in [9.17, 15) is 18.8 Å². The summed E-state index contributed by atoms with van der Waals surface area (Å²) in [4.78, 5) is 37.7. The molecule has 0 atom stereocenters. The van der Waals surface area contributed by atoms with Crippen molar-refractivity contribution in [1.82, 2.24) is 15.8 Å². The molecule has 2 rings (SSSR count). The van der Waals surface area contributed by atoms with Crippen molar-refractivity contribution in [2.75, 3.05) is 13.1 Å². The Kier molecular flexibility index (Phi) is 6.76. The fraction of sp³-hybridized carbons (Fsp3) is 0.526. The van der Waals surface area contributed by atoms with Crippen LogP contribution in [0.15, 0.2) is 24.3 Å². The van der Waals surface area contributed by atoms with Crippen molar-refractivity contribution in [3.8, 4) is 0 Å². The minimum absolute atomic E-state index is 0.0393. The number of hydrogen-bond acceptors (Lipinski definition) is 4. The number of rotatable bonds is 3. The number of amides is 3. The number of nitrogens with zero attached hydrogens (tertiary/aromatic N) is 1. The number of carbonyl (C=O) groups is 3. The van der Waals surface area contributed by atoms with Gasteiger partial charge in [0, 0.05) is 19.0 Å². The maximum absolute atomic E-state index is 12.9. The first-order valence-corrected chi connectivity index (χ1v) is 8.95. The molecular weight excluding hydrogens is 353 g/mol. The highest BCUT2D eigenvalue weighted by Gasteiger charge is 2.30. The lowest BCUT2D eigenvalue weighted by atomic mass is 9.96. The molecular formula is C19H26FN3O4. The van der Waals surface area contributed by atoms with Crippen molar-refractivity contribution in [2.24, 2.45) is 5.92 Å². The van der Waals surface area contributed by atoms with Crippen LogP contribution in [-0.4, -0.2) is 41.5 Å². The van der Waals surface area contributed by atoms with Crippen molar-refractivity contribution < 1.29 is 23.5 Å². The Labute approximate surface area is 158 Å². The summed E-state index contributed by atoms with van der Waals surface area (Å²) in [7, 11) is 0. The summed E-state index contributed by atoms with van der Waals surface area (Å²) < 4.78 is 18.2. The summed E-state index contributed by atoms with van der Waals surface area (Å²) >= 11 is 0. The molecule has 0 radical (unpaired) electrons. The molecule has 1 heterocycles. The molecule has 3 amide bonds. The lowest BCUT2D eigenvalue weighted by molar-refractivity contribution is -0.132. The SMILES string of the molecule is CC(C)(C)OC(=O)N1CCC(C(=O)NNC(=O)Cc2ccc(F)cc2)CC1. The molecule has 1 saturated heterocycles. The van der Waals surface area contributed by atoms with Crippen molar-refractivity contribution in [3.63, 3.8) is 0 Å². The van der Waals surface area contributed by atoms with Crippen LogP contribution in [0.2, 0.25) is 0 Å². The molecule has 2 N–H and O–H groups in total. The van der Waals surface area contributed by atoms with Gasteiger partial charge >= 0.3 is 6.09 Å². The third-order valence-electron chi connectivity index (χ3n) is 4.12. The van der Waals surface area contributed by atoms with Crippen LogP contribution >= 0.6 is 0 Å². The molecule has 1 aliphatic rings. The summed E-state index contributed by atoms with van der Waals surface area (Å²) in [6, 6.07) is 5.59. The Hall–Kier alpha value is -2.64. The molecule has 0 saturated carbocycles. The van der Waals surface area contributed by atoms with Crippen LogP contribution < -0.4 is 10.9 Å². The van der Waals surface area contributed by atoms with Gasteiger partial charge in [0.2, 0.25) is 11.8 Å². The van der Waals surface area contributed by atoms with Crippen molar-refractivity contribution in [2.45, 2.75) is 45.6 Å². The Morgan fingerprint density at radius 1 is 1.11 bits per heavy atom. The molecule has 0 unspecified atom stereocenters. The van der Waals surface area contributed by atoms with E-state index in [1.165, 1.54) is 24.3 Å². The fourth-order valence-electron chi connectivity index (χ4n) is 2.72. The monoisotopic (exact) mass is 379 g/mol. The zero-order valence-electron chi connectivity index (χ0n) is 15.9. The highest BCUT2D eigenvalue weighted by Crippen LogP contribution is 2.19. The number of ether oxygens (including phenoxy) is 1. The highest BCUT2D eigenvalue weighted by molar-refractivity contribution is 5.84. The molecule has 8 heteroatoms. The number of benzene rings is 1. The smallest absolute Gasteiger partial charge is 0.410 e. The molecule has 148 valence electrons. The van der Waals surface area contributed by atoms with Crippen molar-refractivity contribution in [1.29, 1.82) is 0 Å². The average Bonchev–Trinajstić information content (AvgIpc) is 2.60. The number of hydrazine groups is 1. The standard InChI is InChI=1S/C19H26FN3O4/c1-19(2,3)27-18(26)23-10-8-14(9-11-23)17(25)22-21-16(24)12-13-4-6-15(20)7-5-13/h4-7,14H,8-12H2,1-3H3,(H,21,24)(H,22,25). The van der Waals surface area contributed by atoms with Gasteiger partial charge in [0.15, 0.2) is 0 Å². The second-order valence-electron chi connectivity index (χ2n) is 7.58. The summed E-state index contributed by atoms with van der Waals surface area (Å²) in [5.41, 5.74) is 4.88. The minimum atomic E-state index is -0.555. The number of likely N-dealkylation sites (tertiary alicyclic amines) is 1. The second kappa shape index (κ2) is 8.83. The van der Waals surface area contributed by atoms with Gasteiger partial charge in [-0.3, -0.25) is 20.4 Å². The molecule has 7 nitrogen and oxygen atoms in total. The van der Waals surface area contributed by atoms with E-state index in [-0.39, 0.29) is 36.1 Å². The Bertz CT molecular complexity index is 677. The van der Waals surface area contributed by atoms with Gasteiger partial charge in [-0.15, -0.1) is 0 Å².